The number of nitrogens with zero attached hydrogens (tertiary/aromatic N) is 1. The van der Waals surface area contributed by atoms with Gasteiger partial charge in [-0.15, -0.1) is 0 Å². The number of aryl methyl sites for hydroxylation is 2. The van der Waals surface area contributed by atoms with E-state index in [4.69, 9.17) is 4.74 Å². The number of carbonyl (C=O) groups is 1. The van der Waals surface area contributed by atoms with Crippen LogP contribution in [-0.2, 0) is 11.8 Å². The summed E-state index contributed by atoms with van der Waals surface area (Å²) in [5.41, 5.74) is 1.96. The SMILES string of the molecule is Cc1ccn(C)c1C=C[C@]1(C)COC(=O)N1. The number of cyclic esters (lactones) is 1. The van der Waals surface area contributed by atoms with Crippen LogP contribution in [0.4, 0.5) is 4.79 Å². The number of amides is 1. The van der Waals surface area contributed by atoms with Gasteiger partial charge >= 0.3 is 6.09 Å². The topological polar surface area (TPSA) is 43.3 Å². The minimum atomic E-state index is -0.395. The van der Waals surface area contributed by atoms with E-state index in [1.54, 1.807) is 0 Å². The van der Waals surface area contributed by atoms with Gasteiger partial charge in [-0.1, -0.05) is 6.08 Å². The van der Waals surface area contributed by atoms with Gasteiger partial charge in [0.25, 0.3) is 0 Å². The number of hydrogen-bond donors (Lipinski definition) is 1. The zero-order valence-corrected chi connectivity index (χ0v) is 9.78. The van der Waals surface area contributed by atoms with Crippen LogP contribution in [0.2, 0.25) is 0 Å². The maximum atomic E-state index is 11.0. The second-order valence-electron chi connectivity index (χ2n) is 4.45. The smallest absolute Gasteiger partial charge is 0.408 e. The van der Waals surface area contributed by atoms with Gasteiger partial charge in [0.1, 0.15) is 6.61 Å². The summed E-state index contributed by atoms with van der Waals surface area (Å²) in [5.74, 6) is 0. The van der Waals surface area contributed by atoms with E-state index in [-0.39, 0.29) is 6.09 Å². The fourth-order valence-corrected chi connectivity index (χ4v) is 1.79. The van der Waals surface area contributed by atoms with Gasteiger partial charge in [-0.05, 0) is 31.6 Å². The summed E-state index contributed by atoms with van der Waals surface area (Å²) in [6.07, 6.45) is 5.65. The lowest BCUT2D eigenvalue weighted by atomic mass is 10.0. The van der Waals surface area contributed by atoms with Crippen molar-refractivity contribution in [3.8, 4) is 0 Å². The molecule has 1 atom stereocenters. The van der Waals surface area contributed by atoms with E-state index in [0.29, 0.717) is 6.61 Å². The number of rotatable bonds is 2. The second kappa shape index (κ2) is 3.70. The van der Waals surface area contributed by atoms with Crippen molar-refractivity contribution < 1.29 is 9.53 Å². The molecule has 2 rings (SSSR count). The third-order valence-electron chi connectivity index (χ3n) is 2.83. The summed E-state index contributed by atoms with van der Waals surface area (Å²) in [4.78, 5) is 11.0. The number of aromatic nitrogens is 1. The van der Waals surface area contributed by atoms with Crippen LogP contribution in [-0.4, -0.2) is 22.8 Å². The van der Waals surface area contributed by atoms with Crippen molar-refractivity contribution in [1.29, 1.82) is 0 Å². The first-order chi connectivity index (χ1) is 7.50. The molecule has 4 heteroatoms. The number of alkyl carbamates (subject to hydrolysis) is 1. The standard InChI is InChI=1S/C12H16N2O2/c1-9-5-7-14(3)10(9)4-6-12(2)8-16-11(15)13-12/h4-7H,8H2,1-3H3,(H,13,15)/t12-/m1/s1. The van der Waals surface area contributed by atoms with Crippen LogP contribution in [0.15, 0.2) is 18.3 Å². The zero-order chi connectivity index (χ0) is 11.8. The van der Waals surface area contributed by atoms with Crippen LogP contribution in [0, 0.1) is 6.92 Å². The molecule has 1 fully saturated rings. The Balaban J connectivity index is 2.18. The van der Waals surface area contributed by atoms with Gasteiger partial charge in [-0.25, -0.2) is 4.79 Å². The Morgan fingerprint density at radius 3 is 2.88 bits per heavy atom. The van der Waals surface area contributed by atoms with Crippen molar-refractivity contribution in [2.75, 3.05) is 6.61 Å². The van der Waals surface area contributed by atoms with E-state index < -0.39 is 5.54 Å². The van der Waals surface area contributed by atoms with Crippen LogP contribution in [0.1, 0.15) is 18.2 Å². The molecule has 1 amide bonds. The van der Waals surface area contributed by atoms with Crippen LogP contribution in [0.25, 0.3) is 6.08 Å². The first-order valence-corrected chi connectivity index (χ1v) is 5.26. The number of carbonyl (C=O) groups excluding carboxylic acids is 1. The van der Waals surface area contributed by atoms with E-state index in [9.17, 15) is 4.79 Å². The van der Waals surface area contributed by atoms with Crippen LogP contribution in [0.5, 0.6) is 0 Å². The van der Waals surface area contributed by atoms with Crippen molar-refractivity contribution in [1.82, 2.24) is 9.88 Å². The normalized spacial score (nSPS) is 24.8. The highest BCUT2D eigenvalue weighted by molar-refractivity contribution is 5.72. The van der Waals surface area contributed by atoms with Crippen molar-refractivity contribution in [3.05, 3.63) is 29.6 Å². The Bertz CT molecular complexity index is 428. The molecule has 0 aliphatic carbocycles. The fourth-order valence-electron chi connectivity index (χ4n) is 1.79. The molecule has 0 bridgehead atoms. The Morgan fingerprint density at radius 2 is 2.38 bits per heavy atom. The summed E-state index contributed by atoms with van der Waals surface area (Å²) in [5, 5.41) is 2.77. The summed E-state index contributed by atoms with van der Waals surface area (Å²) >= 11 is 0. The molecule has 16 heavy (non-hydrogen) atoms. The summed E-state index contributed by atoms with van der Waals surface area (Å²) < 4.78 is 6.94. The summed E-state index contributed by atoms with van der Waals surface area (Å²) in [7, 11) is 2.00. The molecular weight excluding hydrogens is 204 g/mol. The molecule has 0 spiro atoms. The van der Waals surface area contributed by atoms with Gasteiger partial charge in [0.05, 0.1) is 5.54 Å². The molecule has 4 nitrogen and oxygen atoms in total. The molecule has 0 saturated carbocycles. The largest absolute Gasteiger partial charge is 0.447 e. The molecule has 0 unspecified atom stereocenters. The molecular formula is C12H16N2O2. The Morgan fingerprint density at radius 1 is 1.62 bits per heavy atom. The highest BCUT2D eigenvalue weighted by atomic mass is 16.6. The van der Waals surface area contributed by atoms with Crippen LogP contribution in [0.3, 0.4) is 0 Å². The van der Waals surface area contributed by atoms with E-state index in [1.165, 1.54) is 5.56 Å². The Kier molecular flexibility index (Phi) is 2.50. The molecule has 0 aromatic carbocycles. The summed E-state index contributed by atoms with van der Waals surface area (Å²) in [6, 6.07) is 2.06. The van der Waals surface area contributed by atoms with E-state index in [0.717, 1.165) is 5.69 Å². The Hall–Kier alpha value is -1.71. The first-order valence-electron chi connectivity index (χ1n) is 5.26. The minimum absolute atomic E-state index is 0.351. The Labute approximate surface area is 94.9 Å². The molecule has 1 saturated heterocycles. The summed E-state index contributed by atoms with van der Waals surface area (Å²) in [6.45, 7) is 4.38. The maximum Gasteiger partial charge on any atom is 0.408 e. The maximum absolute atomic E-state index is 11.0. The lowest BCUT2D eigenvalue weighted by molar-refractivity contribution is 0.175. The third-order valence-corrected chi connectivity index (χ3v) is 2.83. The zero-order valence-electron chi connectivity index (χ0n) is 9.78. The van der Waals surface area contributed by atoms with Gasteiger partial charge in [0.2, 0.25) is 0 Å². The van der Waals surface area contributed by atoms with Gasteiger partial charge in [-0.3, -0.25) is 0 Å². The molecule has 0 radical (unpaired) electrons. The molecule has 1 aromatic rings. The van der Waals surface area contributed by atoms with E-state index in [1.807, 2.05) is 36.9 Å². The van der Waals surface area contributed by atoms with Gasteiger partial charge in [-0.2, -0.15) is 0 Å². The molecule has 86 valence electrons. The molecule has 1 N–H and O–H groups in total. The monoisotopic (exact) mass is 220 g/mol. The molecule has 2 heterocycles. The predicted molar refractivity (Wildman–Crippen MR) is 62.1 cm³/mol. The van der Waals surface area contributed by atoms with E-state index in [2.05, 4.69) is 18.3 Å². The lowest BCUT2D eigenvalue weighted by Gasteiger charge is -2.15. The molecule has 1 aromatic heterocycles. The quantitative estimate of drug-likeness (QED) is 0.826. The van der Waals surface area contributed by atoms with Gasteiger partial charge in [0.15, 0.2) is 0 Å². The number of nitrogens with one attached hydrogen (secondary N) is 1. The third kappa shape index (κ3) is 1.96. The molecule has 1 aliphatic rings. The highest BCUT2D eigenvalue weighted by Crippen LogP contribution is 2.17. The van der Waals surface area contributed by atoms with Gasteiger partial charge in [0, 0.05) is 18.9 Å². The van der Waals surface area contributed by atoms with Crippen molar-refractivity contribution >= 4 is 12.2 Å². The fraction of sp³-hybridized carbons (Fsp3) is 0.417. The van der Waals surface area contributed by atoms with E-state index >= 15 is 0 Å². The highest BCUT2D eigenvalue weighted by Gasteiger charge is 2.32. The molecule has 1 aliphatic heterocycles. The average molecular weight is 220 g/mol. The minimum Gasteiger partial charge on any atom is -0.447 e. The second-order valence-corrected chi connectivity index (χ2v) is 4.45. The average Bonchev–Trinajstić information content (AvgIpc) is 2.70. The number of ether oxygens (including phenoxy) is 1. The first kappa shape index (κ1) is 10.8. The lowest BCUT2D eigenvalue weighted by Crippen LogP contribution is -2.37. The van der Waals surface area contributed by atoms with Crippen molar-refractivity contribution in [2.45, 2.75) is 19.4 Å². The van der Waals surface area contributed by atoms with Crippen molar-refractivity contribution in [3.63, 3.8) is 0 Å². The van der Waals surface area contributed by atoms with Crippen molar-refractivity contribution in [2.24, 2.45) is 7.05 Å². The van der Waals surface area contributed by atoms with Crippen LogP contribution >= 0.6 is 0 Å². The predicted octanol–water partition coefficient (Wildman–Crippen LogP) is 1.85. The van der Waals surface area contributed by atoms with Gasteiger partial charge < -0.3 is 14.6 Å². The number of hydrogen-bond acceptors (Lipinski definition) is 2. The van der Waals surface area contributed by atoms with Crippen LogP contribution < -0.4 is 5.32 Å².